The van der Waals surface area contributed by atoms with Crippen molar-refractivity contribution in [2.45, 2.75) is 471 Å². The van der Waals surface area contributed by atoms with Gasteiger partial charge in [-0.1, -0.05) is 402 Å². The van der Waals surface area contributed by atoms with Crippen LogP contribution in [-0.4, -0.2) is 96.7 Å². The first-order chi connectivity index (χ1) is 50.8. The average Bonchev–Trinajstić information content (AvgIpc) is 0.912. The van der Waals surface area contributed by atoms with Crippen LogP contribution in [-0.2, 0) is 65.4 Å². The van der Waals surface area contributed by atoms with E-state index in [2.05, 4.69) is 48.5 Å². The lowest BCUT2D eigenvalue weighted by Crippen LogP contribution is -2.30. The molecule has 0 bridgehead atoms. The van der Waals surface area contributed by atoms with Gasteiger partial charge < -0.3 is 33.8 Å². The van der Waals surface area contributed by atoms with E-state index in [0.29, 0.717) is 25.7 Å². The first-order valence-corrected chi connectivity index (χ1v) is 47.4. The fourth-order valence-electron chi connectivity index (χ4n) is 13.3. The van der Waals surface area contributed by atoms with Crippen LogP contribution in [0.1, 0.15) is 453 Å². The summed E-state index contributed by atoms with van der Waals surface area (Å²) in [7, 11) is -9.93. The van der Waals surface area contributed by atoms with Gasteiger partial charge in [0.15, 0.2) is 12.2 Å². The molecule has 0 rings (SSSR count). The number of carbonyl (C=O) groups is 4. The molecule has 105 heavy (non-hydrogen) atoms. The van der Waals surface area contributed by atoms with E-state index < -0.39 is 97.5 Å². The predicted molar refractivity (Wildman–Crippen MR) is 432 cm³/mol. The number of carbonyl (C=O) groups excluding carboxylic acids is 4. The SMILES string of the molecule is CCCCCCCCCCCCCCCCC(=O)O[C@H](COC(=O)CCCCCCCCCCC(C)C)COP(=O)(O)OC[C@H](O)COP(=O)(O)OC[C@@H](COC(=O)CCCCCCCCCCCCCCCCCC(C)C)OC(=O)CCCCCCCCCCCCCCCCCCCCC(C)CC. The van der Waals surface area contributed by atoms with Gasteiger partial charge in [0.25, 0.3) is 0 Å². The lowest BCUT2D eigenvalue weighted by Gasteiger charge is -2.21. The molecular weight excluding hydrogens is 1370 g/mol. The van der Waals surface area contributed by atoms with Gasteiger partial charge >= 0.3 is 39.5 Å². The number of rotatable bonds is 84. The van der Waals surface area contributed by atoms with Gasteiger partial charge in [-0.15, -0.1) is 0 Å². The minimum atomic E-state index is -4.97. The zero-order valence-electron chi connectivity index (χ0n) is 69.2. The van der Waals surface area contributed by atoms with Crippen LogP contribution < -0.4 is 0 Å². The number of hydrogen-bond acceptors (Lipinski definition) is 15. The van der Waals surface area contributed by atoms with Gasteiger partial charge in [-0.05, 0) is 43.4 Å². The molecule has 0 aromatic rings. The lowest BCUT2D eigenvalue weighted by atomic mass is 9.99. The zero-order chi connectivity index (χ0) is 77.2. The monoisotopic (exact) mass is 1540 g/mol. The van der Waals surface area contributed by atoms with Crippen molar-refractivity contribution in [3.8, 4) is 0 Å². The average molecular weight is 1540 g/mol. The van der Waals surface area contributed by atoms with Crippen LogP contribution in [0.4, 0.5) is 0 Å². The predicted octanol–water partition coefficient (Wildman–Crippen LogP) is 26.1. The second-order valence-electron chi connectivity index (χ2n) is 32.1. The number of aliphatic hydroxyl groups is 1. The van der Waals surface area contributed by atoms with Crippen LogP contribution in [0.2, 0.25) is 0 Å². The van der Waals surface area contributed by atoms with E-state index in [-0.39, 0.29) is 25.7 Å². The van der Waals surface area contributed by atoms with Gasteiger partial charge in [-0.25, -0.2) is 9.13 Å². The van der Waals surface area contributed by atoms with E-state index in [9.17, 15) is 43.2 Å². The Hall–Kier alpha value is -1.94. The largest absolute Gasteiger partial charge is 0.472 e. The van der Waals surface area contributed by atoms with E-state index in [1.807, 2.05) is 0 Å². The molecule has 0 aliphatic carbocycles. The molecule has 0 aromatic carbocycles. The third-order valence-electron chi connectivity index (χ3n) is 20.5. The van der Waals surface area contributed by atoms with Crippen molar-refractivity contribution in [3.05, 3.63) is 0 Å². The van der Waals surface area contributed by atoms with Crippen LogP contribution in [0, 0.1) is 17.8 Å². The minimum Gasteiger partial charge on any atom is -0.462 e. The third kappa shape index (κ3) is 78.5. The number of unbranched alkanes of at least 4 members (excludes halogenated alkanes) is 51. The van der Waals surface area contributed by atoms with E-state index >= 15 is 0 Å². The summed E-state index contributed by atoms with van der Waals surface area (Å²) < 4.78 is 68.9. The summed E-state index contributed by atoms with van der Waals surface area (Å²) in [5.41, 5.74) is 0. The highest BCUT2D eigenvalue weighted by Gasteiger charge is 2.30. The summed E-state index contributed by atoms with van der Waals surface area (Å²) in [6.07, 6.45) is 66.6. The maximum Gasteiger partial charge on any atom is 0.472 e. The van der Waals surface area contributed by atoms with E-state index in [4.69, 9.17) is 37.0 Å². The van der Waals surface area contributed by atoms with Gasteiger partial charge in [-0.2, -0.15) is 0 Å². The van der Waals surface area contributed by atoms with Crippen molar-refractivity contribution in [2.75, 3.05) is 39.6 Å². The smallest absolute Gasteiger partial charge is 0.462 e. The number of phosphoric acid groups is 2. The van der Waals surface area contributed by atoms with Crippen molar-refractivity contribution in [2.24, 2.45) is 17.8 Å². The molecule has 0 saturated heterocycles. The Bertz CT molecular complexity index is 2030. The van der Waals surface area contributed by atoms with Crippen LogP contribution in [0.5, 0.6) is 0 Å². The summed E-state index contributed by atoms with van der Waals surface area (Å²) in [6.45, 7) is 12.0. The molecule has 0 fully saturated rings. The van der Waals surface area contributed by atoms with Gasteiger partial charge in [0.2, 0.25) is 0 Å². The Labute approximate surface area is 645 Å². The maximum absolute atomic E-state index is 13.1. The Balaban J connectivity index is 5.23. The first kappa shape index (κ1) is 103. The summed E-state index contributed by atoms with van der Waals surface area (Å²) in [4.78, 5) is 73.2. The fourth-order valence-corrected chi connectivity index (χ4v) is 14.9. The van der Waals surface area contributed by atoms with Crippen molar-refractivity contribution in [1.29, 1.82) is 0 Å². The topological polar surface area (TPSA) is 237 Å². The molecule has 19 heteroatoms. The Morgan fingerprint density at radius 2 is 0.486 bits per heavy atom. The summed E-state index contributed by atoms with van der Waals surface area (Å²) >= 11 is 0. The van der Waals surface area contributed by atoms with Crippen molar-refractivity contribution in [3.63, 3.8) is 0 Å². The lowest BCUT2D eigenvalue weighted by molar-refractivity contribution is -0.161. The molecule has 0 heterocycles. The highest BCUT2D eigenvalue weighted by Crippen LogP contribution is 2.45. The summed E-state index contributed by atoms with van der Waals surface area (Å²) in [5, 5.41) is 10.7. The third-order valence-corrected chi connectivity index (χ3v) is 22.4. The number of ether oxygens (including phenoxy) is 4. The van der Waals surface area contributed by atoms with E-state index in [1.54, 1.807) is 0 Å². The second kappa shape index (κ2) is 76.1. The number of hydrogen-bond donors (Lipinski definition) is 3. The van der Waals surface area contributed by atoms with Crippen molar-refractivity contribution in [1.82, 2.24) is 0 Å². The maximum atomic E-state index is 13.1. The van der Waals surface area contributed by atoms with Crippen molar-refractivity contribution < 1.29 is 80.2 Å². The van der Waals surface area contributed by atoms with Crippen LogP contribution in [0.15, 0.2) is 0 Å². The first-order valence-electron chi connectivity index (χ1n) is 44.4. The molecule has 0 aromatic heterocycles. The molecule has 624 valence electrons. The summed E-state index contributed by atoms with van der Waals surface area (Å²) in [5.74, 6) is 0.300. The summed E-state index contributed by atoms with van der Waals surface area (Å²) in [6, 6.07) is 0. The Morgan fingerprint density at radius 1 is 0.276 bits per heavy atom. The molecule has 0 spiro atoms. The molecular formula is C86H168O17P2. The molecule has 0 aliphatic rings. The standard InChI is InChI=1S/C86H168O17P2/c1-8-10-11-12-13-14-15-16-28-34-39-48-55-62-69-85(90)103-82(74-97-84(89)68-61-54-47-42-41-44-51-58-65-78(5)6)76-101-105(94,95)99-72-80(87)71-98-104(92,93)100-75-81(73-96-83(88)67-60-53-46-38-33-29-25-21-22-26-31-36-43-50-57-64-77(3)4)102-86(91)70-63-56-49-40-35-30-24-20-18-17-19-23-27-32-37-45-52-59-66-79(7)9-2/h77-82,87H,8-76H2,1-7H3,(H,92,93)(H,94,95)/t79?,80-,81-,82-/m1/s1. The normalized spacial score (nSPS) is 14.1. The van der Waals surface area contributed by atoms with E-state index in [0.717, 1.165) is 108 Å². The van der Waals surface area contributed by atoms with Gasteiger partial charge in [0.1, 0.15) is 19.3 Å². The fraction of sp³-hybridized carbons (Fsp3) is 0.953. The highest BCUT2D eigenvalue weighted by atomic mass is 31.2. The van der Waals surface area contributed by atoms with Gasteiger partial charge in [0, 0.05) is 25.7 Å². The van der Waals surface area contributed by atoms with Gasteiger partial charge in [0.05, 0.1) is 26.4 Å². The molecule has 6 atom stereocenters. The number of esters is 4. The quantitative estimate of drug-likeness (QED) is 0.0222. The molecule has 3 unspecified atom stereocenters. The van der Waals surface area contributed by atoms with E-state index in [1.165, 1.54) is 263 Å². The zero-order valence-corrected chi connectivity index (χ0v) is 71.0. The van der Waals surface area contributed by atoms with Crippen LogP contribution in [0.25, 0.3) is 0 Å². The molecule has 3 N–H and O–H groups in total. The minimum absolute atomic E-state index is 0.107. The Morgan fingerprint density at radius 3 is 0.724 bits per heavy atom. The Kier molecular flexibility index (Phi) is 74.7. The van der Waals surface area contributed by atoms with Crippen LogP contribution >= 0.6 is 15.6 Å². The van der Waals surface area contributed by atoms with Crippen LogP contribution in [0.3, 0.4) is 0 Å². The molecule has 0 saturated carbocycles. The van der Waals surface area contributed by atoms with Crippen molar-refractivity contribution >= 4 is 39.5 Å². The molecule has 0 amide bonds. The van der Waals surface area contributed by atoms with Gasteiger partial charge in [-0.3, -0.25) is 37.3 Å². The molecule has 0 aliphatic heterocycles. The molecule has 17 nitrogen and oxygen atoms in total. The molecule has 0 radical (unpaired) electrons. The second-order valence-corrected chi connectivity index (χ2v) is 35.0. The number of aliphatic hydroxyl groups excluding tert-OH is 1. The highest BCUT2D eigenvalue weighted by molar-refractivity contribution is 7.47. The number of phosphoric ester groups is 2.